The monoisotopic (exact) mass is 561 g/mol. The second-order valence-corrected chi connectivity index (χ2v) is 9.48. The van der Waals surface area contributed by atoms with Crippen molar-refractivity contribution in [3.8, 4) is 17.1 Å². The zero-order valence-corrected chi connectivity index (χ0v) is 20.1. The average molecular weight is 561 g/mol. The van der Waals surface area contributed by atoms with Crippen LogP contribution in [0.25, 0.3) is 22.3 Å². The van der Waals surface area contributed by atoms with Gasteiger partial charge in [-0.25, -0.2) is 9.78 Å². The van der Waals surface area contributed by atoms with E-state index in [4.69, 9.17) is 14.5 Å². The molecule has 170 valence electrons. The zero-order chi connectivity index (χ0) is 23.5. The summed E-state index contributed by atoms with van der Waals surface area (Å²) >= 11 is 1.73. The minimum absolute atomic E-state index is 0.0969. The summed E-state index contributed by atoms with van der Waals surface area (Å²) in [5, 5.41) is 13.5. The number of carbonyl (C=O) groups is 2. The van der Waals surface area contributed by atoms with Crippen molar-refractivity contribution >= 4 is 45.4 Å². The predicted molar refractivity (Wildman–Crippen MR) is 127 cm³/mol. The highest BCUT2D eigenvalue weighted by molar-refractivity contribution is 14.1. The van der Waals surface area contributed by atoms with E-state index in [1.54, 1.807) is 58.5 Å². The number of hydrogen-bond donors (Lipinski definition) is 2. The Morgan fingerprint density at radius 1 is 1.33 bits per heavy atom. The number of aromatic hydroxyl groups is 1. The van der Waals surface area contributed by atoms with E-state index in [0.717, 1.165) is 16.5 Å². The Labute approximate surface area is 201 Å². The summed E-state index contributed by atoms with van der Waals surface area (Å²) in [6.07, 6.45) is 0.687. The lowest BCUT2D eigenvalue weighted by Gasteiger charge is -2.31. The van der Waals surface area contributed by atoms with Crippen LogP contribution >= 0.6 is 22.6 Å². The quantitative estimate of drug-likeness (QED) is 0.221. The molecule has 1 aromatic carbocycles. The van der Waals surface area contributed by atoms with Crippen molar-refractivity contribution in [1.29, 1.82) is 0 Å². The van der Waals surface area contributed by atoms with Gasteiger partial charge >= 0.3 is 11.9 Å². The van der Waals surface area contributed by atoms with Crippen molar-refractivity contribution in [3.63, 3.8) is 0 Å². The number of nitrogens with one attached hydrogen (secondary N) is 1. The second kappa shape index (κ2) is 7.80. The lowest BCUT2D eigenvalue weighted by Crippen LogP contribution is -2.44. The van der Waals surface area contributed by atoms with Gasteiger partial charge < -0.3 is 24.5 Å². The Kier molecular flexibility index (Phi) is 5.16. The van der Waals surface area contributed by atoms with Gasteiger partial charge in [-0.1, -0.05) is 6.92 Å². The summed E-state index contributed by atoms with van der Waals surface area (Å²) in [5.41, 5.74) is 4.06. The molecule has 0 fully saturated rings. The number of hydrogen-bond acceptors (Lipinski definition) is 8. The molecular weight excluding hydrogens is 541 g/mol. The molecule has 9 nitrogen and oxygen atoms in total. The number of rotatable bonds is 4. The number of cyclic esters (lactones) is 1. The molecule has 2 aliphatic rings. The number of ether oxygens (including phenoxy) is 2. The molecule has 2 aromatic heterocycles. The van der Waals surface area contributed by atoms with E-state index in [1.165, 1.54) is 0 Å². The smallest absolute Gasteiger partial charge is 0.366 e. The Hall–Kier alpha value is -2.99. The van der Waals surface area contributed by atoms with Crippen molar-refractivity contribution in [2.24, 2.45) is 0 Å². The van der Waals surface area contributed by atoms with Gasteiger partial charge in [0.1, 0.15) is 12.4 Å². The minimum atomic E-state index is -1.77. The lowest BCUT2D eigenvalue weighted by atomic mass is 9.97. The first-order chi connectivity index (χ1) is 15.8. The molecule has 2 N–H and O–H groups in total. The van der Waals surface area contributed by atoms with Gasteiger partial charge in [-0.15, -0.1) is 0 Å². The van der Waals surface area contributed by atoms with Crippen LogP contribution in [0.3, 0.4) is 0 Å². The Morgan fingerprint density at radius 3 is 2.85 bits per heavy atom. The van der Waals surface area contributed by atoms with Crippen molar-refractivity contribution in [1.82, 2.24) is 14.9 Å². The van der Waals surface area contributed by atoms with E-state index in [0.29, 0.717) is 35.4 Å². The van der Waals surface area contributed by atoms with Crippen LogP contribution in [-0.2, 0) is 42.2 Å². The van der Waals surface area contributed by atoms with Crippen LogP contribution in [0.4, 0.5) is 0 Å². The SMILES string of the molecule is CCc1c2c(nc3ccc(O)cc13)-c1cc3c(c(=O)n1C2)COC(=O)[C@@]3(I)OC(=O)CNC. The van der Waals surface area contributed by atoms with Gasteiger partial charge in [-0.05, 0) is 65.9 Å². The Balaban J connectivity index is 1.75. The first-order valence-corrected chi connectivity index (χ1v) is 11.5. The van der Waals surface area contributed by atoms with E-state index >= 15 is 0 Å². The molecule has 0 spiro atoms. The summed E-state index contributed by atoms with van der Waals surface area (Å²) in [6, 6.07) is 6.70. The molecule has 2 aliphatic heterocycles. The van der Waals surface area contributed by atoms with Crippen LogP contribution in [0.2, 0.25) is 0 Å². The maximum atomic E-state index is 13.5. The van der Waals surface area contributed by atoms with E-state index in [1.807, 2.05) is 6.92 Å². The van der Waals surface area contributed by atoms with Gasteiger partial charge in [0.2, 0.25) is 0 Å². The first-order valence-electron chi connectivity index (χ1n) is 10.4. The fourth-order valence-corrected chi connectivity index (χ4v) is 5.43. The van der Waals surface area contributed by atoms with Crippen molar-refractivity contribution < 1.29 is 24.2 Å². The molecule has 0 unspecified atom stereocenters. The van der Waals surface area contributed by atoms with Crippen molar-refractivity contribution in [2.75, 3.05) is 13.6 Å². The number of esters is 2. The standard InChI is InChI=1S/C23H20IN3O6/c1-3-12-13-6-11(28)4-5-17(13)26-20-14(12)9-27-18(20)7-16-15(21(27)30)10-32-22(31)23(16,24)33-19(29)8-25-2/h4-7,25,28H,3,8-10H2,1-2H3/t23-/m0/s1. The molecule has 3 aromatic rings. The summed E-state index contributed by atoms with van der Waals surface area (Å²) in [6.45, 7) is 2.04. The van der Waals surface area contributed by atoms with Gasteiger partial charge in [0, 0.05) is 16.5 Å². The number of aryl methyl sites for hydroxylation is 1. The summed E-state index contributed by atoms with van der Waals surface area (Å²) in [4.78, 5) is 43.2. The summed E-state index contributed by atoms with van der Waals surface area (Å²) in [7, 11) is 1.59. The molecule has 0 aliphatic carbocycles. The highest BCUT2D eigenvalue weighted by Gasteiger charge is 2.49. The number of aromatic nitrogens is 2. The average Bonchev–Trinajstić information content (AvgIpc) is 3.14. The van der Waals surface area contributed by atoms with Gasteiger partial charge in [0.15, 0.2) is 0 Å². The molecule has 0 bridgehead atoms. The minimum Gasteiger partial charge on any atom is -0.508 e. The molecular formula is C23H20IN3O6. The van der Waals surface area contributed by atoms with E-state index in [2.05, 4.69) is 5.32 Å². The number of likely N-dealkylation sites (N-methyl/N-ethyl adjacent to an activating group) is 1. The number of phenolic OH excluding ortho intramolecular Hbond substituents is 1. The molecule has 1 atom stereocenters. The third kappa shape index (κ3) is 3.22. The van der Waals surface area contributed by atoms with Crippen LogP contribution in [0.15, 0.2) is 29.1 Å². The van der Waals surface area contributed by atoms with E-state index < -0.39 is 15.5 Å². The van der Waals surface area contributed by atoms with Crippen LogP contribution < -0.4 is 10.9 Å². The molecule has 0 saturated carbocycles. The maximum Gasteiger partial charge on any atom is 0.366 e. The normalized spacial score (nSPS) is 18.5. The van der Waals surface area contributed by atoms with Crippen LogP contribution in [-0.4, -0.2) is 40.2 Å². The topological polar surface area (TPSA) is 120 Å². The van der Waals surface area contributed by atoms with E-state index in [-0.39, 0.29) is 30.0 Å². The Morgan fingerprint density at radius 2 is 2.12 bits per heavy atom. The van der Waals surface area contributed by atoms with Gasteiger partial charge in [0.25, 0.3) is 9.17 Å². The Bertz CT molecular complexity index is 1420. The molecule has 33 heavy (non-hydrogen) atoms. The fraction of sp³-hybridized carbons (Fsp3) is 0.304. The van der Waals surface area contributed by atoms with Crippen LogP contribution in [0.1, 0.15) is 29.2 Å². The van der Waals surface area contributed by atoms with Gasteiger partial charge in [0.05, 0.1) is 35.6 Å². The molecule has 0 saturated heterocycles. The fourth-order valence-electron chi connectivity index (χ4n) is 4.54. The number of phenols is 1. The maximum absolute atomic E-state index is 13.5. The van der Waals surface area contributed by atoms with E-state index in [9.17, 15) is 19.5 Å². The van der Waals surface area contributed by atoms with Gasteiger partial charge in [-0.2, -0.15) is 0 Å². The number of fused-ring (bicyclic) bond motifs is 5. The highest BCUT2D eigenvalue weighted by atomic mass is 127. The molecule has 0 radical (unpaired) electrons. The third-order valence-corrected chi connectivity index (χ3v) is 7.27. The third-order valence-electron chi connectivity index (χ3n) is 6.03. The lowest BCUT2D eigenvalue weighted by molar-refractivity contribution is -0.173. The second-order valence-electron chi connectivity index (χ2n) is 7.96. The summed E-state index contributed by atoms with van der Waals surface area (Å²) < 4.78 is 10.6. The first kappa shape index (κ1) is 21.8. The number of halogens is 1. The number of nitrogens with zero attached hydrogens (tertiary/aromatic N) is 2. The molecule has 5 rings (SSSR count). The van der Waals surface area contributed by atoms with Crippen molar-refractivity contribution in [3.05, 3.63) is 56.9 Å². The zero-order valence-electron chi connectivity index (χ0n) is 17.9. The van der Waals surface area contributed by atoms with Crippen LogP contribution in [0, 0.1) is 0 Å². The molecule has 10 heteroatoms. The number of alkyl halides is 1. The van der Waals surface area contributed by atoms with Crippen LogP contribution in [0.5, 0.6) is 5.75 Å². The number of pyridine rings is 2. The van der Waals surface area contributed by atoms with Gasteiger partial charge in [-0.3, -0.25) is 9.59 Å². The summed E-state index contributed by atoms with van der Waals surface area (Å²) in [5.74, 6) is -1.23. The largest absolute Gasteiger partial charge is 0.508 e. The number of carbonyl (C=O) groups excluding carboxylic acids is 2. The molecule has 4 heterocycles. The number of benzene rings is 1. The predicted octanol–water partition coefficient (Wildman–Crippen LogP) is 2.10. The van der Waals surface area contributed by atoms with Crippen molar-refractivity contribution in [2.45, 2.75) is 30.1 Å². The molecule has 0 amide bonds. The highest BCUT2D eigenvalue weighted by Crippen LogP contribution is 2.43.